The van der Waals surface area contributed by atoms with Gasteiger partial charge < -0.3 is 15.6 Å². The molecule has 168 valence electrons. The number of thioether (sulfide) groups is 1. The first-order valence-corrected chi connectivity index (χ1v) is 11.9. The van der Waals surface area contributed by atoms with Crippen LogP contribution in [0.3, 0.4) is 0 Å². The molecule has 3 N–H and O–H groups in total. The Kier molecular flexibility index (Phi) is 7.42. The lowest BCUT2D eigenvalue weighted by molar-refractivity contribution is -0.119. The molecule has 0 saturated heterocycles. The van der Waals surface area contributed by atoms with Crippen LogP contribution in [0.2, 0.25) is 0 Å². The predicted octanol–water partition coefficient (Wildman–Crippen LogP) is 4.64. The topological polar surface area (TPSA) is 86.9 Å². The van der Waals surface area contributed by atoms with Crippen LogP contribution in [-0.4, -0.2) is 33.3 Å². The van der Waals surface area contributed by atoms with Gasteiger partial charge >= 0.3 is 0 Å². The average molecular weight is 459 g/mol. The smallest absolute Gasteiger partial charge is 0.234 e. The number of hydrogen-bond donors (Lipinski definition) is 3. The van der Waals surface area contributed by atoms with E-state index in [1.165, 1.54) is 11.8 Å². The standard InChI is InChI=1S/C26H26N4O2S/c1-18-8-7-11-20(14-18)27-24(31)16-33-17-25(32)28-23(15-19-9-3-2-4-10-19)26-29-21-12-5-6-13-22(21)30-26/h2-14,23H,15-17H2,1H3,(H,27,31)(H,28,32)(H,29,30)/t23-/m0/s1. The third kappa shape index (κ3) is 6.46. The van der Waals surface area contributed by atoms with Crippen molar-refractivity contribution in [3.05, 3.63) is 95.8 Å². The van der Waals surface area contributed by atoms with Crippen LogP contribution in [0.1, 0.15) is 23.0 Å². The van der Waals surface area contributed by atoms with Gasteiger partial charge in [-0.15, -0.1) is 11.8 Å². The van der Waals surface area contributed by atoms with Gasteiger partial charge in [0, 0.05) is 5.69 Å². The molecule has 4 aromatic rings. The van der Waals surface area contributed by atoms with Crippen LogP contribution in [0.25, 0.3) is 11.0 Å². The summed E-state index contributed by atoms with van der Waals surface area (Å²) in [4.78, 5) is 32.9. The van der Waals surface area contributed by atoms with Crippen LogP contribution in [0.4, 0.5) is 5.69 Å². The fourth-order valence-electron chi connectivity index (χ4n) is 3.60. The second kappa shape index (κ2) is 10.8. The number of anilines is 1. The van der Waals surface area contributed by atoms with E-state index in [-0.39, 0.29) is 29.4 Å². The molecule has 1 atom stereocenters. The summed E-state index contributed by atoms with van der Waals surface area (Å²) < 4.78 is 0. The first kappa shape index (κ1) is 22.6. The van der Waals surface area contributed by atoms with Gasteiger partial charge in [0.05, 0.1) is 28.6 Å². The number of para-hydroxylation sites is 2. The molecule has 0 unspecified atom stereocenters. The van der Waals surface area contributed by atoms with E-state index >= 15 is 0 Å². The van der Waals surface area contributed by atoms with Gasteiger partial charge in [0.25, 0.3) is 0 Å². The Labute approximate surface area is 197 Å². The summed E-state index contributed by atoms with van der Waals surface area (Å²) in [7, 11) is 0. The number of fused-ring (bicyclic) bond motifs is 1. The molecule has 0 aliphatic rings. The largest absolute Gasteiger partial charge is 0.345 e. The zero-order valence-corrected chi connectivity index (χ0v) is 19.2. The van der Waals surface area contributed by atoms with Crippen molar-refractivity contribution >= 4 is 40.3 Å². The minimum absolute atomic E-state index is 0.128. The minimum atomic E-state index is -0.297. The Bertz CT molecular complexity index is 1210. The van der Waals surface area contributed by atoms with Gasteiger partial charge in [0.2, 0.25) is 11.8 Å². The summed E-state index contributed by atoms with van der Waals surface area (Å²) >= 11 is 1.29. The lowest BCUT2D eigenvalue weighted by Gasteiger charge is -2.17. The summed E-state index contributed by atoms with van der Waals surface area (Å²) in [5.41, 5.74) is 4.74. The Morgan fingerprint density at radius 3 is 2.48 bits per heavy atom. The number of carbonyl (C=O) groups excluding carboxylic acids is 2. The monoisotopic (exact) mass is 458 g/mol. The van der Waals surface area contributed by atoms with Crippen molar-refractivity contribution in [2.45, 2.75) is 19.4 Å². The molecule has 33 heavy (non-hydrogen) atoms. The van der Waals surface area contributed by atoms with E-state index in [2.05, 4.69) is 20.6 Å². The third-order valence-electron chi connectivity index (χ3n) is 5.12. The molecule has 0 fully saturated rings. The number of carbonyl (C=O) groups is 2. The fourth-order valence-corrected chi connectivity index (χ4v) is 4.22. The van der Waals surface area contributed by atoms with Crippen molar-refractivity contribution in [2.75, 3.05) is 16.8 Å². The molecule has 0 aliphatic heterocycles. The molecular formula is C26H26N4O2S. The van der Waals surface area contributed by atoms with Gasteiger partial charge in [0.1, 0.15) is 5.82 Å². The van der Waals surface area contributed by atoms with Crippen molar-refractivity contribution in [1.82, 2.24) is 15.3 Å². The van der Waals surface area contributed by atoms with Crippen LogP contribution in [-0.2, 0) is 16.0 Å². The molecule has 0 spiro atoms. The maximum absolute atomic E-state index is 12.7. The van der Waals surface area contributed by atoms with E-state index in [1.807, 2.05) is 85.8 Å². The molecule has 3 aromatic carbocycles. The number of nitrogens with zero attached hydrogens (tertiary/aromatic N) is 1. The lowest BCUT2D eigenvalue weighted by atomic mass is 10.1. The highest BCUT2D eigenvalue weighted by Gasteiger charge is 2.19. The van der Waals surface area contributed by atoms with Gasteiger partial charge in [0.15, 0.2) is 0 Å². The predicted molar refractivity (Wildman–Crippen MR) is 134 cm³/mol. The molecular weight excluding hydrogens is 432 g/mol. The third-order valence-corrected chi connectivity index (χ3v) is 6.06. The van der Waals surface area contributed by atoms with Crippen molar-refractivity contribution in [3.63, 3.8) is 0 Å². The maximum atomic E-state index is 12.7. The summed E-state index contributed by atoms with van der Waals surface area (Å²) in [5, 5.41) is 5.95. The average Bonchev–Trinajstić information content (AvgIpc) is 3.24. The van der Waals surface area contributed by atoms with Crippen molar-refractivity contribution < 1.29 is 9.59 Å². The second-order valence-corrected chi connectivity index (χ2v) is 8.85. The van der Waals surface area contributed by atoms with E-state index in [9.17, 15) is 9.59 Å². The van der Waals surface area contributed by atoms with Crippen molar-refractivity contribution in [3.8, 4) is 0 Å². The summed E-state index contributed by atoms with van der Waals surface area (Å²) in [6.07, 6.45) is 0.616. The number of aryl methyl sites for hydroxylation is 1. The zero-order chi connectivity index (χ0) is 23.0. The molecule has 4 rings (SSSR count). The Balaban J connectivity index is 1.36. The lowest BCUT2D eigenvalue weighted by Crippen LogP contribution is -2.32. The van der Waals surface area contributed by atoms with Crippen LogP contribution < -0.4 is 10.6 Å². The molecule has 1 aromatic heterocycles. The molecule has 6 nitrogen and oxygen atoms in total. The number of benzene rings is 3. The number of hydrogen-bond acceptors (Lipinski definition) is 4. The first-order valence-electron chi connectivity index (χ1n) is 10.8. The normalized spacial score (nSPS) is 11.8. The van der Waals surface area contributed by atoms with Gasteiger partial charge in [-0.2, -0.15) is 0 Å². The Morgan fingerprint density at radius 2 is 1.70 bits per heavy atom. The van der Waals surface area contributed by atoms with Gasteiger partial charge in [-0.05, 0) is 48.7 Å². The number of H-pyrrole nitrogens is 1. The van der Waals surface area contributed by atoms with E-state index in [1.54, 1.807) is 0 Å². The SMILES string of the molecule is Cc1cccc(NC(=O)CSCC(=O)N[C@@H](Cc2ccccc2)c2nc3ccccc3[nH]2)c1. The van der Waals surface area contributed by atoms with Gasteiger partial charge in [-0.3, -0.25) is 9.59 Å². The summed E-state index contributed by atoms with van der Waals surface area (Å²) in [5.74, 6) is 0.846. The van der Waals surface area contributed by atoms with E-state index in [4.69, 9.17) is 0 Å². The van der Waals surface area contributed by atoms with Crippen LogP contribution >= 0.6 is 11.8 Å². The van der Waals surface area contributed by atoms with E-state index in [0.29, 0.717) is 6.42 Å². The summed E-state index contributed by atoms with van der Waals surface area (Å²) in [6, 6.07) is 25.1. The van der Waals surface area contributed by atoms with E-state index < -0.39 is 0 Å². The second-order valence-electron chi connectivity index (χ2n) is 7.86. The highest BCUT2D eigenvalue weighted by atomic mass is 32.2. The molecule has 1 heterocycles. The zero-order valence-electron chi connectivity index (χ0n) is 18.4. The van der Waals surface area contributed by atoms with Crippen LogP contribution in [0.5, 0.6) is 0 Å². The molecule has 0 bridgehead atoms. The number of nitrogens with one attached hydrogen (secondary N) is 3. The van der Waals surface area contributed by atoms with Crippen LogP contribution in [0.15, 0.2) is 78.9 Å². The highest BCUT2D eigenvalue weighted by molar-refractivity contribution is 8.00. The van der Waals surface area contributed by atoms with Crippen LogP contribution in [0, 0.1) is 6.92 Å². The Morgan fingerprint density at radius 1 is 0.939 bits per heavy atom. The first-order chi connectivity index (χ1) is 16.1. The number of amides is 2. The highest BCUT2D eigenvalue weighted by Crippen LogP contribution is 2.20. The number of imidazole rings is 1. The molecule has 7 heteroatoms. The minimum Gasteiger partial charge on any atom is -0.345 e. The van der Waals surface area contributed by atoms with Crippen molar-refractivity contribution in [1.29, 1.82) is 0 Å². The molecule has 2 amide bonds. The number of aromatic amines is 1. The van der Waals surface area contributed by atoms with E-state index in [0.717, 1.165) is 33.7 Å². The van der Waals surface area contributed by atoms with Gasteiger partial charge in [-0.1, -0.05) is 54.6 Å². The molecule has 0 aliphatic carbocycles. The number of aromatic nitrogens is 2. The molecule has 0 radical (unpaired) electrons. The quantitative estimate of drug-likeness (QED) is 0.341. The molecule has 0 saturated carbocycles. The van der Waals surface area contributed by atoms with Gasteiger partial charge in [-0.25, -0.2) is 4.98 Å². The Hall–Kier alpha value is -3.58. The number of rotatable bonds is 9. The van der Waals surface area contributed by atoms with Crippen molar-refractivity contribution in [2.24, 2.45) is 0 Å². The summed E-state index contributed by atoms with van der Waals surface area (Å²) in [6.45, 7) is 1.97. The fraction of sp³-hybridized carbons (Fsp3) is 0.192. The maximum Gasteiger partial charge on any atom is 0.234 e.